The molecule has 3 rings (SSSR count). The number of hydrogen-bond donors (Lipinski definition) is 2. The van der Waals surface area contributed by atoms with Crippen LogP contribution in [0.3, 0.4) is 0 Å². The number of rotatable bonds is 8. The van der Waals surface area contributed by atoms with Crippen molar-refractivity contribution in [3.63, 3.8) is 0 Å². The van der Waals surface area contributed by atoms with E-state index in [1.807, 2.05) is 12.1 Å². The number of likely N-dealkylation sites (tertiary alicyclic amines) is 1. The monoisotopic (exact) mass is 354 g/mol. The summed E-state index contributed by atoms with van der Waals surface area (Å²) >= 11 is 0. The minimum absolute atomic E-state index is 0.681. The summed E-state index contributed by atoms with van der Waals surface area (Å²) in [6, 6.07) is 12.8. The Balaban J connectivity index is 1.47. The Labute approximate surface area is 156 Å². The second kappa shape index (κ2) is 10.0. The quantitative estimate of drug-likeness (QED) is 0.565. The Hall–Kier alpha value is -2.27. The third-order valence-corrected chi connectivity index (χ3v) is 4.64. The molecule has 0 amide bonds. The molecule has 0 aliphatic carbocycles. The highest BCUT2D eigenvalue weighted by Gasteiger charge is 2.11. The van der Waals surface area contributed by atoms with Crippen LogP contribution in [0, 0.1) is 0 Å². The average Bonchev–Trinajstić information content (AvgIpc) is 3.35. The van der Waals surface area contributed by atoms with Gasteiger partial charge in [-0.2, -0.15) is 0 Å². The Bertz CT molecular complexity index is 658. The summed E-state index contributed by atoms with van der Waals surface area (Å²) in [4.78, 5) is 7.22. The summed E-state index contributed by atoms with van der Waals surface area (Å²) < 4.78 is 5.36. The second-order valence-electron chi connectivity index (χ2n) is 6.75. The standard InChI is InChI=1S/C21H30N4O/c1-2-22-21(23-12-11-20-6-5-15-26-20)24-16-18-7-9-19(10-8-18)17-25-13-3-4-14-25/h5-10,15H,2-4,11-14,16-17H2,1H3,(H2,22,23,24). The van der Waals surface area contributed by atoms with Crippen molar-refractivity contribution < 1.29 is 4.42 Å². The first-order valence-electron chi connectivity index (χ1n) is 9.68. The highest BCUT2D eigenvalue weighted by Crippen LogP contribution is 2.13. The Morgan fingerprint density at radius 1 is 1.08 bits per heavy atom. The highest BCUT2D eigenvalue weighted by atomic mass is 16.3. The van der Waals surface area contributed by atoms with Gasteiger partial charge >= 0.3 is 0 Å². The van der Waals surface area contributed by atoms with E-state index in [2.05, 4.69) is 51.7 Å². The van der Waals surface area contributed by atoms with Gasteiger partial charge in [-0.25, -0.2) is 4.99 Å². The SMILES string of the molecule is CCNC(=NCc1ccc(CN2CCCC2)cc1)NCCc1ccco1. The van der Waals surface area contributed by atoms with Crippen LogP contribution in [0.2, 0.25) is 0 Å². The van der Waals surface area contributed by atoms with Gasteiger partial charge in [-0.3, -0.25) is 4.90 Å². The van der Waals surface area contributed by atoms with E-state index in [9.17, 15) is 0 Å². The largest absolute Gasteiger partial charge is 0.469 e. The van der Waals surface area contributed by atoms with Crippen LogP contribution in [0.5, 0.6) is 0 Å². The van der Waals surface area contributed by atoms with Crippen LogP contribution >= 0.6 is 0 Å². The van der Waals surface area contributed by atoms with Gasteiger partial charge in [-0.05, 0) is 56.1 Å². The summed E-state index contributed by atoms with van der Waals surface area (Å²) in [6.45, 7) is 7.95. The summed E-state index contributed by atoms with van der Waals surface area (Å²) in [5, 5.41) is 6.66. The van der Waals surface area contributed by atoms with Crippen molar-refractivity contribution >= 4 is 5.96 Å². The zero-order valence-electron chi connectivity index (χ0n) is 15.7. The van der Waals surface area contributed by atoms with Crippen molar-refractivity contribution in [2.45, 2.75) is 39.3 Å². The average molecular weight is 354 g/mol. The fourth-order valence-electron chi connectivity index (χ4n) is 3.22. The van der Waals surface area contributed by atoms with Crippen molar-refractivity contribution in [3.8, 4) is 0 Å². The van der Waals surface area contributed by atoms with E-state index in [1.54, 1.807) is 6.26 Å². The molecular formula is C21H30N4O. The smallest absolute Gasteiger partial charge is 0.191 e. The van der Waals surface area contributed by atoms with Crippen molar-refractivity contribution in [2.75, 3.05) is 26.2 Å². The number of hydrogen-bond acceptors (Lipinski definition) is 3. The third kappa shape index (κ3) is 5.92. The molecule has 140 valence electrons. The zero-order chi connectivity index (χ0) is 18.0. The summed E-state index contributed by atoms with van der Waals surface area (Å²) in [5.74, 6) is 1.84. The molecule has 1 aliphatic heterocycles. The molecule has 5 nitrogen and oxygen atoms in total. The number of benzene rings is 1. The van der Waals surface area contributed by atoms with E-state index < -0.39 is 0 Å². The van der Waals surface area contributed by atoms with Gasteiger partial charge in [0.1, 0.15) is 5.76 Å². The topological polar surface area (TPSA) is 52.8 Å². The van der Waals surface area contributed by atoms with Gasteiger partial charge in [0.2, 0.25) is 0 Å². The molecule has 0 unspecified atom stereocenters. The number of guanidine groups is 1. The fraction of sp³-hybridized carbons (Fsp3) is 0.476. The van der Waals surface area contributed by atoms with E-state index in [0.717, 1.165) is 37.8 Å². The molecule has 1 saturated heterocycles. The van der Waals surface area contributed by atoms with Crippen molar-refractivity contribution in [1.82, 2.24) is 15.5 Å². The van der Waals surface area contributed by atoms with Gasteiger partial charge in [-0.1, -0.05) is 24.3 Å². The first-order chi connectivity index (χ1) is 12.8. The molecule has 1 aromatic heterocycles. The molecular weight excluding hydrogens is 324 g/mol. The molecule has 1 aliphatic rings. The van der Waals surface area contributed by atoms with Gasteiger partial charge in [-0.15, -0.1) is 0 Å². The Morgan fingerprint density at radius 2 is 1.85 bits per heavy atom. The molecule has 0 spiro atoms. The maximum Gasteiger partial charge on any atom is 0.191 e. The van der Waals surface area contributed by atoms with E-state index in [4.69, 9.17) is 4.42 Å². The molecule has 1 fully saturated rings. The fourth-order valence-corrected chi connectivity index (χ4v) is 3.22. The number of nitrogens with zero attached hydrogens (tertiary/aromatic N) is 2. The Kier molecular flexibility index (Phi) is 7.14. The maximum absolute atomic E-state index is 5.36. The third-order valence-electron chi connectivity index (χ3n) is 4.64. The number of nitrogens with one attached hydrogen (secondary N) is 2. The van der Waals surface area contributed by atoms with Crippen LogP contribution in [0.25, 0.3) is 0 Å². The molecule has 0 bridgehead atoms. The molecule has 0 radical (unpaired) electrons. The van der Waals surface area contributed by atoms with Crippen molar-refractivity contribution in [1.29, 1.82) is 0 Å². The minimum Gasteiger partial charge on any atom is -0.469 e. The first-order valence-corrected chi connectivity index (χ1v) is 9.68. The van der Waals surface area contributed by atoms with E-state index >= 15 is 0 Å². The normalized spacial score (nSPS) is 15.3. The van der Waals surface area contributed by atoms with Crippen LogP contribution in [-0.2, 0) is 19.5 Å². The molecule has 0 saturated carbocycles. The molecule has 1 aromatic carbocycles. The zero-order valence-corrected chi connectivity index (χ0v) is 15.7. The van der Waals surface area contributed by atoms with Crippen molar-refractivity contribution in [3.05, 3.63) is 59.5 Å². The van der Waals surface area contributed by atoms with Crippen LogP contribution < -0.4 is 10.6 Å². The van der Waals surface area contributed by atoms with E-state index in [1.165, 1.54) is 37.1 Å². The van der Waals surface area contributed by atoms with Gasteiger partial charge in [0.05, 0.1) is 12.8 Å². The summed E-state index contributed by atoms with van der Waals surface area (Å²) in [7, 11) is 0. The van der Waals surface area contributed by atoms with Gasteiger partial charge in [0, 0.05) is 26.1 Å². The minimum atomic E-state index is 0.681. The van der Waals surface area contributed by atoms with Gasteiger partial charge in [0.25, 0.3) is 0 Å². The predicted molar refractivity (Wildman–Crippen MR) is 106 cm³/mol. The number of aliphatic imine (C=N–C) groups is 1. The van der Waals surface area contributed by atoms with Gasteiger partial charge < -0.3 is 15.1 Å². The molecule has 0 atom stereocenters. The number of furan rings is 1. The van der Waals surface area contributed by atoms with Crippen LogP contribution in [-0.4, -0.2) is 37.0 Å². The molecule has 2 N–H and O–H groups in total. The van der Waals surface area contributed by atoms with Crippen LogP contribution in [0.15, 0.2) is 52.1 Å². The second-order valence-corrected chi connectivity index (χ2v) is 6.75. The predicted octanol–water partition coefficient (Wildman–Crippen LogP) is 3.17. The lowest BCUT2D eigenvalue weighted by Crippen LogP contribution is -2.38. The first kappa shape index (κ1) is 18.5. The van der Waals surface area contributed by atoms with Crippen LogP contribution in [0.1, 0.15) is 36.7 Å². The maximum atomic E-state index is 5.36. The lowest BCUT2D eigenvalue weighted by molar-refractivity contribution is 0.331. The van der Waals surface area contributed by atoms with Crippen LogP contribution in [0.4, 0.5) is 0 Å². The summed E-state index contributed by atoms with van der Waals surface area (Å²) in [6.07, 6.45) is 5.24. The molecule has 2 aromatic rings. The van der Waals surface area contributed by atoms with E-state index in [0.29, 0.717) is 6.54 Å². The molecule has 5 heteroatoms. The highest BCUT2D eigenvalue weighted by molar-refractivity contribution is 5.79. The lowest BCUT2D eigenvalue weighted by Gasteiger charge is -2.14. The van der Waals surface area contributed by atoms with E-state index in [-0.39, 0.29) is 0 Å². The Morgan fingerprint density at radius 3 is 2.54 bits per heavy atom. The lowest BCUT2D eigenvalue weighted by atomic mass is 10.1. The molecule has 26 heavy (non-hydrogen) atoms. The van der Waals surface area contributed by atoms with Crippen molar-refractivity contribution in [2.24, 2.45) is 4.99 Å². The van der Waals surface area contributed by atoms with Gasteiger partial charge in [0.15, 0.2) is 5.96 Å². The molecule has 2 heterocycles. The summed E-state index contributed by atoms with van der Waals surface area (Å²) in [5.41, 5.74) is 2.63.